The van der Waals surface area contributed by atoms with Crippen molar-refractivity contribution in [2.45, 2.75) is 31.7 Å². The fourth-order valence-corrected chi connectivity index (χ4v) is 1.75. The summed E-state index contributed by atoms with van der Waals surface area (Å²) in [5, 5.41) is 19.4. The molecular formula is C13H20O4. The number of benzene rings is 1. The van der Waals surface area contributed by atoms with Crippen molar-refractivity contribution in [2.75, 3.05) is 14.2 Å². The van der Waals surface area contributed by atoms with Crippen LogP contribution in [0.2, 0.25) is 0 Å². The molecule has 0 spiro atoms. The van der Waals surface area contributed by atoms with Gasteiger partial charge in [-0.25, -0.2) is 0 Å². The SMILES string of the molecule is COC(CC(C)(O)Cc1ccc(O)cc1)OC. The molecule has 2 N–H and O–H groups in total. The van der Waals surface area contributed by atoms with Crippen LogP contribution in [-0.2, 0) is 15.9 Å². The summed E-state index contributed by atoms with van der Waals surface area (Å²) in [6.45, 7) is 1.74. The van der Waals surface area contributed by atoms with Crippen molar-refractivity contribution < 1.29 is 19.7 Å². The Morgan fingerprint density at radius 2 is 1.71 bits per heavy atom. The molecule has 1 aromatic carbocycles. The van der Waals surface area contributed by atoms with Crippen molar-refractivity contribution >= 4 is 0 Å². The molecule has 4 nitrogen and oxygen atoms in total. The number of aliphatic hydroxyl groups is 1. The van der Waals surface area contributed by atoms with Gasteiger partial charge in [-0.15, -0.1) is 0 Å². The Labute approximate surface area is 102 Å². The largest absolute Gasteiger partial charge is 0.508 e. The van der Waals surface area contributed by atoms with E-state index in [1.165, 1.54) is 0 Å². The third-order valence-electron chi connectivity index (χ3n) is 2.65. The van der Waals surface area contributed by atoms with Gasteiger partial charge in [-0.3, -0.25) is 0 Å². The normalized spacial score (nSPS) is 14.9. The van der Waals surface area contributed by atoms with E-state index in [9.17, 15) is 10.2 Å². The van der Waals surface area contributed by atoms with Crippen molar-refractivity contribution in [3.8, 4) is 5.75 Å². The number of phenols is 1. The maximum Gasteiger partial charge on any atom is 0.159 e. The van der Waals surface area contributed by atoms with Gasteiger partial charge >= 0.3 is 0 Å². The Morgan fingerprint density at radius 1 is 1.18 bits per heavy atom. The smallest absolute Gasteiger partial charge is 0.159 e. The third kappa shape index (κ3) is 4.73. The van der Waals surface area contributed by atoms with Gasteiger partial charge < -0.3 is 19.7 Å². The standard InChI is InChI=1S/C13H20O4/c1-13(15,9-12(16-2)17-3)8-10-4-6-11(14)7-5-10/h4-7,12,14-15H,8-9H2,1-3H3. The minimum absolute atomic E-state index is 0.222. The van der Waals surface area contributed by atoms with E-state index in [4.69, 9.17) is 9.47 Å². The van der Waals surface area contributed by atoms with Crippen LogP contribution in [0.15, 0.2) is 24.3 Å². The third-order valence-corrected chi connectivity index (χ3v) is 2.65. The van der Waals surface area contributed by atoms with E-state index in [2.05, 4.69) is 0 Å². The first-order valence-corrected chi connectivity index (χ1v) is 5.53. The highest BCUT2D eigenvalue weighted by Crippen LogP contribution is 2.21. The number of methoxy groups -OCH3 is 2. The molecule has 4 heteroatoms. The van der Waals surface area contributed by atoms with Crippen LogP contribution in [0.5, 0.6) is 5.75 Å². The first-order valence-electron chi connectivity index (χ1n) is 5.53. The van der Waals surface area contributed by atoms with Gasteiger partial charge in [0.15, 0.2) is 6.29 Å². The van der Waals surface area contributed by atoms with Gasteiger partial charge in [-0.1, -0.05) is 12.1 Å². The zero-order chi connectivity index (χ0) is 12.9. The van der Waals surface area contributed by atoms with Crippen LogP contribution >= 0.6 is 0 Å². The number of phenolic OH excluding ortho intramolecular Hbond substituents is 1. The molecule has 1 aromatic rings. The molecule has 17 heavy (non-hydrogen) atoms. The molecule has 0 aliphatic carbocycles. The topological polar surface area (TPSA) is 58.9 Å². The molecule has 0 aromatic heterocycles. The molecule has 0 radical (unpaired) electrons. The Hall–Kier alpha value is -1.10. The first kappa shape index (κ1) is 14.0. The lowest BCUT2D eigenvalue weighted by Gasteiger charge is -2.27. The molecule has 0 heterocycles. The highest BCUT2D eigenvalue weighted by molar-refractivity contribution is 5.26. The van der Waals surface area contributed by atoms with E-state index in [0.29, 0.717) is 12.8 Å². The molecule has 1 atom stereocenters. The van der Waals surface area contributed by atoms with Crippen molar-refractivity contribution in [1.82, 2.24) is 0 Å². The first-order chi connectivity index (χ1) is 7.96. The minimum Gasteiger partial charge on any atom is -0.508 e. The van der Waals surface area contributed by atoms with Gasteiger partial charge in [0.05, 0.1) is 5.60 Å². The quantitative estimate of drug-likeness (QED) is 0.743. The molecule has 1 unspecified atom stereocenters. The lowest BCUT2D eigenvalue weighted by molar-refractivity contribution is -0.139. The summed E-state index contributed by atoms with van der Waals surface area (Å²) in [6, 6.07) is 6.79. The molecule has 0 amide bonds. The Bertz CT molecular complexity index is 328. The summed E-state index contributed by atoms with van der Waals surface area (Å²) in [7, 11) is 3.09. The molecule has 0 fully saturated rings. The second kappa shape index (κ2) is 6.00. The lowest BCUT2D eigenvalue weighted by atomic mass is 9.93. The van der Waals surface area contributed by atoms with E-state index in [0.717, 1.165) is 5.56 Å². The van der Waals surface area contributed by atoms with E-state index in [1.54, 1.807) is 45.4 Å². The zero-order valence-corrected chi connectivity index (χ0v) is 10.5. The molecule has 0 aliphatic rings. The predicted octanol–water partition coefficient (Wildman–Crippen LogP) is 1.69. The molecule has 0 aliphatic heterocycles. The molecule has 1 rings (SSSR count). The number of hydrogen-bond acceptors (Lipinski definition) is 4. The highest BCUT2D eigenvalue weighted by atomic mass is 16.7. The van der Waals surface area contributed by atoms with Crippen LogP contribution in [-0.4, -0.2) is 36.3 Å². The average molecular weight is 240 g/mol. The van der Waals surface area contributed by atoms with Gasteiger partial charge in [0, 0.05) is 27.1 Å². The number of rotatable bonds is 6. The number of aromatic hydroxyl groups is 1. The maximum absolute atomic E-state index is 10.2. The lowest BCUT2D eigenvalue weighted by Crippen LogP contribution is -2.34. The monoisotopic (exact) mass is 240 g/mol. The molecule has 0 saturated heterocycles. The van der Waals surface area contributed by atoms with E-state index in [-0.39, 0.29) is 5.75 Å². The van der Waals surface area contributed by atoms with Gasteiger partial charge in [0.2, 0.25) is 0 Å². The summed E-state index contributed by atoms with van der Waals surface area (Å²) in [5.41, 5.74) is 0.0481. The van der Waals surface area contributed by atoms with Crippen molar-refractivity contribution in [2.24, 2.45) is 0 Å². The summed E-state index contributed by atoms with van der Waals surface area (Å²) in [4.78, 5) is 0. The van der Waals surface area contributed by atoms with Crippen LogP contribution in [0, 0.1) is 0 Å². The van der Waals surface area contributed by atoms with Crippen LogP contribution in [0.4, 0.5) is 0 Å². The van der Waals surface area contributed by atoms with Crippen LogP contribution in [0.1, 0.15) is 18.9 Å². The predicted molar refractivity (Wildman–Crippen MR) is 64.9 cm³/mol. The highest BCUT2D eigenvalue weighted by Gasteiger charge is 2.25. The van der Waals surface area contributed by atoms with E-state index < -0.39 is 11.9 Å². The molecule has 0 bridgehead atoms. The van der Waals surface area contributed by atoms with Crippen molar-refractivity contribution in [3.05, 3.63) is 29.8 Å². The van der Waals surface area contributed by atoms with Gasteiger partial charge in [0.1, 0.15) is 5.75 Å². The molecule has 96 valence electrons. The van der Waals surface area contributed by atoms with Crippen LogP contribution in [0.25, 0.3) is 0 Å². The summed E-state index contributed by atoms with van der Waals surface area (Å²) in [6.07, 6.45) is 0.458. The van der Waals surface area contributed by atoms with Crippen molar-refractivity contribution in [3.63, 3.8) is 0 Å². The van der Waals surface area contributed by atoms with E-state index >= 15 is 0 Å². The van der Waals surface area contributed by atoms with Crippen LogP contribution < -0.4 is 0 Å². The van der Waals surface area contributed by atoms with Gasteiger partial charge in [0.25, 0.3) is 0 Å². The molecule has 0 saturated carbocycles. The fourth-order valence-electron chi connectivity index (χ4n) is 1.75. The second-order valence-corrected chi connectivity index (χ2v) is 4.45. The number of ether oxygens (including phenoxy) is 2. The van der Waals surface area contributed by atoms with E-state index in [1.807, 2.05) is 0 Å². The van der Waals surface area contributed by atoms with Crippen molar-refractivity contribution in [1.29, 1.82) is 0 Å². The Balaban J connectivity index is 2.62. The second-order valence-electron chi connectivity index (χ2n) is 4.45. The number of hydrogen-bond donors (Lipinski definition) is 2. The zero-order valence-electron chi connectivity index (χ0n) is 10.5. The fraction of sp³-hybridized carbons (Fsp3) is 0.538. The Morgan fingerprint density at radius 3 is 2.18 bits per heavy atom. The van der Waals surface area contributed by atoms with Gasteiger partial charge in [-0.2, -0.15) is 0 Å². The Kier molecular flexibility index (Phi) is 4.93. The van der Waals surface area contributed by atoms with Gasteiger partial charge in [-0.05, 0) is 24.6 Å². The minimum atomic E-state index is -0.909. The van der Waals surface area contributed by atoms with Crippen LogP contribution in [0.3, 0.4) is 0 Å². The molecular weight excluding hydrogens is 220 g/mol. The summed E-state index contributed by atoms with van der Waals surface area (Å²) in [5.74, 6) is 0.222. The summed E-state index contributed by atoms with van der Waals surface area (Å²) >= 11 is 0. The maximum atomic E-state index is 10.2. The average Bonchev–Trinajstić information content (AvgIpc) is 2.29. The summed E-state index contributed by atoms with van der Waals surface area (Å²) < 4.78 is 10.1.